The molecule has 1 atom stereocenters. The van der Waals surface area contributed by atoms with Crippen molar-refractivity contribution < 1.29 is 18.3 Å². The maximum Gasteiger partial charge on any atom is 0.263 e. The third-order valence-corrected chi connectivity index (χ3v) is 2.71. The molecule has 0 heterocycles. The molecule has 110 valence electrons. The Bertz CT molecular complexity index is 503. The fourth-order valence-electron chi connectivity index (χ4n) is 1.73. The third kappa shape index (κ3) is 4.33. The van der Waals surface area contributed by atoms with Crippen LogP contribution in [0, 0.1) is 11.6 Å². The first-order chi connectivity index (χ1) is 9.35. The van der Waals surface area contributed by atoms with E-state index in [-0.39, 0.29) is 11.7 Å². The molecule has 0 aliphatic carbocycles. The molecule has 0 aliphatic rings. The second-order valence-corrected chi connectivity index (χ2v) is 4.65. The average Bonchev–Trinajstić information content (AvgIpc) is 2.39. The molecule has 0 spiro atoms. The number of amides is 1. The van der Waals surface area contributed by atoms with Crippen LogP contribution in [0.4, 0.5) is 8.78 Å². The van der Waals surface area contributed by atoms with Crippen LogP contribution in [-0.4, -0.2) is 30.0 Å². The van der Waals surface area contributed by atoms with E-state index in [9.17, 15) is 13.6 Å². The molecule has 5 heteroatoms. The van der Waals surface area contributed by atoms with Gasteiger partial charge in [0.15, 0.2) is 17.7 Å². The molecule has 0 N–H and O–H groups in total. The topological polar surface area (TPSA) is 29.5 Å². The lowest BCUT2D eigenvalue weighted by molar-refractivity contribution is -0.137. The van der Waals surface area contributed by atoms with Crippen LogP contribution >= 0.6 is 0 Å². The number of halogens is 2. The van der Waals surface area contributed by atoms with Gasteiger partial charge in [0.1, 0.15) is 5.75 Å². The van der Waals surface area contributed by atoms with Crippen molar-refractivity contribution in [2.75, 3.05) is 13.1 Å². The van der Waals surface area contributed by atoms with Crippen LogP contribution in [0.15, 0.2) is 30.4 Å². The summed E-state index contributed by atoms with van der Waals surface area (Å²) < 4.78 is 31.2. The van der Waals surface area contributed by atoms with Gasteiger partial charge in [0.25, 0.3) is 5.91 Å². The zero-order valence-electron chi connectivity index (χ0n) is 12.0. The quantitative estimate of drug-likeness (QED) is 0.751. The van der Waals surface area contributed by atoms with Crippen molar-refractivity contribution in [3.05, 3.63) is 42.0 Å². The summed E-state index contributed by atoms with van der Waals surface area (Å²) in [5, 5.41) is 0. The molecule has 0 radical (unpaired) electrons. The maximum atomic E-state index is 13.1. The summed E-state index contributed by atoms with van der Waals surface area (Å²) in [6, 6.07) is 3.18. The average molecular weight is 283 g/mol. The fourth-order valence-corrected chi connectivity index (χ4v) is 1.73. The minimum absolute atomic E-state index is 0.121. The van der Waals surface area contributed by atoms with Gasteiger partial charge in [-0.25, -0.2) is 8.78 Å². The molecule has 1 unspecified atom stereocenters. The molecule has 20 heavy (non-hydrogen) atoms. The predicted octanol–water partition coefficient (Wildman–Crippen LogP) is 3.16. The fraction of sp³-hybridized carbons (Fsp3) is 0.400. The Kier molecular flexibility index (Phi) is 5.67. The molecule has 0 bridgehead atoms. The number of rotatable bonds is 6. The smallest absolute Gasteiger partial charge is 0.263 e. The van der Waals surface area contributed by atoms with Gasteiger partial charge in [-0.1, -0.05) is 12.2 Å². The largest absolute Gasteiger partial charge is 0.481 e. The van der Waals surface area contributed by atoms with Crippen molar-refractivity contribution in [3.63, 3.8) is 0 Å². The van der Waals surface area contributed by atoms with Gasteiger partial charge >= 0.3 is 0 Å². The number of nitrogens with zero attached hydrogens (tertiary/aromatic N) is 1. The van der Waals surface area contributed by atoms with Crippen molar-refractivity contribution in [2.24, 2.45) is 0 Å². The van der Waals surface area contributed by atoms with E-state index < -0.39 is 17.7 Å². The highest BCUT2D eigenvalue weighted by Crippen LogP contribution is 2.17. The Labute approximate surface area is 117 Å². The van der Waals surface area contributed by atoms with E-state index in [1.165, 1.54) is 6.07 Å². The van der Waals surface area contributed by atoms with Crippen molar-refractivity contribution in [1.82, 2.24) is 4.90 Å². The third-order valence-electron chi connectivity index (χ3n) is 2.71. The van der Waals surface area contributed by atoms with Gasteiger partial charge in [0.2, 0.25) is 0 Å². The van der Waals surface area contributed by atoms with Crippen molar-refractivity contribution in [2.45, 2.75) is 26.9 Å². The van der Waals surface area contributed by atoms with Crippen LogP contribution in [0.1, 0.15) is 20.8 Å². The van der Waals surface area contributed by atoms with Crippen LogP contribution < -0.4 is 4.74 Å². The van der Waals surface area contributed by atoms with E-state index in [0.29, 0.717) is 13.1 Å². The summed E-state index contributed by atoms with van der Waals surface area (Å²) in [5.74, 6) is -2.05. The van der Waals surface area contributed by atoms with Crippen molar-refractivity contribution >= 4 is 5.91 Å². The lowest BCUT2D eigenvalue weighted by Crippen LogP contribution is -2.41. The van der Waals surface area contributed by atoms with Crippen LogP contribution in [0.5, 0.6) is 5.75 Å². The molecular formula is C15H19F2NO2. The molecular weight excluding hydrogens is 264 g/mol. The van der Waals surface area contributed by atoms with Gasteiger partial charge < -0.3 is 9.64 Å². The van der Waals surface area contributed by atoms with Crippen LogP contribution in [0.25, 0.3) is 0 Å². The number of hydrogen-bond acceptors (Lipinski definition) is 2. The molecule has 0 aliphatic heterocycles. The molecule has 0 saturated carbocycles. The summed E-state index contributed by atoms with van der Waals surface area (Å²) in [5.41, 5.74) is 0.861. The zero-order valence-corrected chi connectivity index (χ0v) is 12.0. The van der Waals surface area contributed by atoms with E-state index in [4.69, 9.17) is 4.74 Å². The number of hydrogen-bond donors (Lipinski definition) is 0. The highest BCUT2D eigenvalue weighted by molar-refractivity contribution is 5.81. The van der Waals surface area contributed by atoms with Gasteiger partial charge in [-0.15, -0.1) is 0 Å². The van der Waals surface area contributed by atoms with Gasteiger partial charge in [0.05, 0.1) is 0 Å². The number of carbonyl (C=O) groups is 1. The van der Waals surface area contributed by atoms with Crippen molar-refractivity contribution in [1.29, 1.82) is 0 Å². The molecule has 3 nitrogen and oxygen atoms in total. The van der Waals surface area contributed by atoms with Crippen LogP contribution in [0.3, 0.4) is 0 Å². The van der Waals surface area contributed by atoms with E-state index in [1.54, 1.807) is 11.8 Å². The Hall–Kier alpha value is -1.91. The van der Waals surface area contributed by atoms with Gasteiger partial charge in [0, 0.05) is 19.2 Å². The number of ether oxygens (including phenoxy) is 1. The second-order valence-electron chi connectivity index (χ2n) is 4.65. The Morgan fingerprint density at radius 1 is 1.40 bits per heavy atom. The minimum atomic E-state index is -1.00. The van der Waals surface area contributed by atoms with Crippen molar-refractivity contribution in [3.8, 4) is 5.75 Å². The van der Waals surface area contributed by atoms with E-state index in [1.807, 2.05) is 13.8 Å². The van der Waals surface area contributed by atoms with Crippen LogP contribution in [0.2, 0.25) is 0 Å². The molecule has 0 saturated heterocycles. The molecule has 1 aromatic carbocycles. The van der Waals surface area contributed by atoms with Crippen LogP contribution in [-0.2, 0) is 4.79 Å². The maximum absolute atomic E-state index is 13.1. The zero-order chi connectivity index (χ0) is 15.3. The van der Waals surface area contributed by atoms with E-state index in [2.05, 4.69) is 6.58 Å². The standard InChI is InChI=1S/C15H19F2NO2/c1-5-18(9-10(2)3)15(19)11(4)20-12-6-7-13(16)14(17)8-12/h6-8,11H,2,5,9H2,1,3-4H3. The van der Waals surface area contributed by atoms with E-state index in [0.717, 1.165) is 17.7 Å². The first-order valence-electron chi connectivity index (χ1n) is 6.40. The number of benzene rings is 1. The minimum Gasteiger partial charge on any atom is -0.481 e. The Morgan fingerprint density at radius 3 is 2.55 bits per heavy atom. The summed E-state index contributed by atoms with van der Waals surface area (Å²) >= 11 is 0. The molecule has 1 aromatic rings. The number of carbonyl (C=O) groups excluding carboxylic acids is 1. The Morgan fingerprint density at radius 2 is 2.05 bits per heavy atom. The predicted molar refractivity (Wildman–Crippen MR) is 73.5 cm³/mol. The second kappa shape index (κ2) is 7.03. The summed E-state index contributed by atoms with van der Waals surface area (Å²) in [4.78, 5) is 13.7. The number of likely N-dealkylation sites (N-methyl/N-ethyl adjacent to an activating group) is 1. The Balaban J connectivity index is 2.73. The SMILES string of the molecule is C=C(C)CN(CC)C(=O)C(C)Oc1ccc(F)c(F)c1. The molecule has 0 aromatic heterocycles. The molecule has 1 rings (SSSR count). The van der Waals surface area contributed by atoms with Gasteiger partial charge in [-0.2, -0.15) is 0 Å². The first kappa shape index (κ1) is 16.1. The highest BCUT2D eigenvalue weighted by Gasteiger charge is 2.21. The van der Waals surface area contributed by atoms with Gasteiger partial charge in [-0.3, -0.25) is 4.79 Å². The normalized spacial score (nSPS) is 11.8. The highest BCUT2D eigenvalue weighted by atomic mass is 19.2. The van der Waals surface area contributed by atoms with Gasteiger partial charge in [-0.05, 0) is 32.9 Å². The molecule has 1 amide bonds. The molecule has 0 fully saturated rings. The lowest BCUT2D eigenvalue weighted by atomic mass is 10.2. The summed E-state index contributed by atoms with van der Waals surface area (Å²) in [6.45, 7) is 9.99. The van der Waals surface area contributed by atoms with E-state index >= 15 is 0 Å². The summed E-state index contributed by atoms with van der Waals surface area (Å²) in [6.07, 6.45) is -0.779. The summed E-state index contributed by atoms with van der Waals surface area (Å²) in [7, 11) is 0. The monoisotopic (exact) mass is 283 g/mol. The lowest BCUT2D eigenvalue weighted by Gasteiger charge is -2.25. The first-order valence-corrected chi connectivity index (χ1v) is 6.40.